The molecule has 2 heterocycles. The molecule has 0 amide bonds. The average molecular weight is 257 g/mol. The topological polar surface area (TPSA) is 29.9 Å². The summed E-state index contributed by atoms with van der Waals surface area (Å²) in [6.45, 7) is 6.66. The molecular formula is C16H23N3. The second kappa shape index (κ2) is 4.64. The Labute approximate surface area is 115 Å². The molecule has 0 saturated carbocycles. The minimum atomic E-state index is 0.207. The van der Waals surface area contributed by atoms with Gasteiger partial charge in [-0.15, -0.1) is 0 Å². The summed E-state index contributed by atoms with van der Waals surface area (Å²) < 4.78 is 2.32. The zero-order valence-corrected chi connectivity index (χ0v) is 12.2. The third-order valence-electron chi connectivity index (χ3n) is 4.72. The molecule has 1 atom stereocenters. The lowest BCUT2D eigenvalue weighted by molar-refractivity contribution is 0.283. The Kier molecular flexibility index (Phi) is 3.09. The third-order valence-corrected chi connectivity index (χ3v) is 4.72. The maximum atomic E-state index is 4.96. The van der Waals surface area contributed by atoms with E-state index in [1.165, 1.54) is 29.7 Å². The van der Waals surface area contributed by atoms with Crippen molar-refractivity contribution in [2.24, 2.45) is 7.05 Å². The molecule has 102 valence electrons. The van der Waals surface area contributed by atoms with Crippen LogP contribution in [-0.2, 0) is 12.5 Å². The summed E-state index contributed by atoms with van der Waals surface area (Å²) in [5, 5.41) is 3.56. The van der Waals surface area contributed by atoms with Crippen LogP contribution in [0.25, 0.3) is 11.0 Å². The van der Waals surface area contributed by atoms with Crippen molar-refractivity contribution >= 4 is 11.0 Å². The molecule has 1 aliphatic heterocycles. The molecule has 3 heteroatoms. The maximum absolute atomic E-state index is 4.96. The zero-order chi connectivity index (χ0) is 13.5. The number of hydrogen-bond donors (Lipinski definition) is 1. The van der Waals surface area contributed by atoms with Crippen molar-refractivity contribution < 1.29 is 0 Å². The highest BCUT2D eigenvalue weighted by Gasteiger charge is 2.36. The summed E-state index contributed by atoms with van der Waals surface area (Å²) in [5.41, 5.74) is 3.94. The molecule has 1 aromatic heterocycles. The van der Waals surface area contributed by atoms with Crippen LogP contribution in [-0.4, -0.2) is 22.6 Å². The van der Waals surface area contributed by atoms with Crippen molar-refractivity contribution in [2.45, 2.75) is 38.5 Å². The Bertz CT molecular complexity index is 591. The van der Waals surface area contributed by atoms with Crippen LogP contribution in [0.1, 0.15) is 37.6 Å². The fourth-order valence-corrected chi connectivity index (χ4v) is 3.56. The predicted molar refractivity (Wildman–Crippen MR) is 79.5 cm³/mol. The molecule has 0 spiro atoms. The van der Waals surface area contributed by atoms with E-state index in [0.29, 0.717) is 0 Å². The molecule has 1 aliphatic rings. The molecular weight excluding hydrogens is 234 g/mol. The molecule has 1 saturated heterocycles. The van der Waals surface area contributed by atoms with E-state index in [0.717, 1.165) is 25.0 Å². The lowest BCUT2D eigenvalue weighted by Crippen LogP contribution is -2.44. The zero-order valence-electron chi connectivity index (χ0n) is 12.2. The summed E-state index contributed by atoms with van der Waals surface area (Å²) in [7, 11) is 2.17. The second-order valence-corrected chi connectivity index (χ2v) is 5.85. The van der Waals surface area contributed by atoms with Crippen LogP contribution in [0.3, 0.4) is 0 Å². The molecule has 3 rings (SSSR count). The largest absolute Gasteiger partial charge is 0.330 e. The highest BCUT2D eigenvalue weighted by molar-refractivity contribution is 5.79. The molecule has 0 bridgehead atoms. The molecule has 0 aliphatic carbocycles. The van der Waals surface area contributed by atoms with E-state index in [9.17, 15) is 0 Å². The van der Waals surface area contributed by atoms with Gasteiger partial charge in [-0.25, -0.2) is 4.98 Å². The summed E-state index contributed by atoms with van der Waals surface area (Å²) >= 11 is 0. The van der Waals surface area contributed by atoms with Gasteiger partial charge in [-0.05, 0) is 44.4 Å². The smallest absolute Gasteiger partial charge is 0.117 e. The number of rotatable bonds is 2. The number of nitrogens with one attached hydrogen (secondary N) is 1. The van der Waals surface area contributed by atoms with Gasteiger partial charge in [0.15, 0.2) is 0 Å². The average Bonchev–Trinajstić information content (AvgIpc) is 2.79. The van der Waals surface area contributed by atoms with Crippen LogP contribution in [0.15, 0.2) is 18.2 Å². The summed E-state index contributed by atoms with van der Waals surface area (Å²) in [6.07, 6.45) is 3.64. The van der Waals surface area contributed by atoms with Crippen molar-refractivity contribution in [2.75, 3.05) is 13.1 Å². The fourth-order valence-electron chi connectivity index (χ4n) is 3.56. The van der Waals surface area contributed by atoms with Gasteiger partial charge in [-0.1, -0.05) is 19.1 Å². The van der Waals surface area contributed by atoms with Crippen molar-refractivity contribution in [3.63, 3.8) is 0 Å². The van der Waals surface area contributed by atoms with Gasteiger partial charge in [0.05, 0.1) is 11.0 Å². The van der Waals surface area contributed by atoms with Crippen LogP contribution >= 0.6 is 0 Å². The van der Waals surface area contributed by atoms with Crippen LogP contribution in [0.2, 0.25) is 0 Å². The standard InChI is InChI=1S/C16H23N3/c1-4-16(9-6-10-17-11-16)15-18-13-8-5-7-12(2)14(13)19(15)3/h5,7-8,17H,4,6,9-11H2,1-3H3. The minimum absolute atomic E-state index is 0.207. The number of nitrogens with zero attached hydrogens (tertiary/aromatic N) is 2. The first-order chi connectivity index (χ1) is 9.18. The van der Waals surface area contributed by atoms with Crippen molar-refractivity contribution in [3.05, 3.63) is 29.6 Å². The molecule has 3 nitrogen and oxygen atoms in total. The van der Waals surface area contributed by atoms with Crippen molar-refractivity contribution in [1.29, 1.82) is 0 Å². The molecule has 1 fully saturated rings. The molecule has 1 unspecified atom stereocenters. The van der Waals surface area contributed by atoms with Crippen LogP contribution in [0.5, 0.6) is 0 Å². The molecule has 19 heavy (non-hydrogen) atoms. The number of fused-ring (bicyclic) bond motifs is 1. The SMILES string of the molecule is CCC1(c2nc3cccc(C)c3n2C)CCCNC1. The number of imidazole rings is 1. The molecule has 1 N–H and O–H groups in total. The highest BCUT2D eigenvalue weighted by Crippen LogP contribution is 2.35. The van der Waals surface area contributed by atoms with E-state index >= 15 is 0 Å². The van der Waals surface area contributed by atoms with Gasteiger partial charge in [-0.3, -0.25) is 0 Å². The summed E-state index contributed by atoms with van der Waals surface area (Å²) in [4.78, 5) is 4.96. The maximum Gasteiger partial charge on any atom is 0.117 e. The number of para-hydroxylation sites is 1. The highest BCUT2D eigenvalue weighted by atomic mass is 15.1. The molecule has 2 aromatic rings. The van der Waals surface area contributed by atoms with E-state index in [1.54, 1.807) is 0 Å². The van der Waals surface area contributed by atoms with E-state index in [-0.39, 0.29) is 5.41 Å². The first-order valence-electron chi connectivity index (χ1n) is 7.31. The van der Waals surface area contributed by atoms with E-state index in [1.807, 2.05) is 0 Å². The first kappa shape index (κ1) is 12.7. The van der Waals surface area contributed by atoms with Gasteiger partial charge in [0.25, 0.3) is 0 Å². The second-order valence-electron chi connectivity index (χ2n) is 5.85. The van der Waals surface area contributed by atoms with Crippen molar-refractivity contribution in [1.82, 2.24) is 14.9 Å². The van der Waals surface area contributed by atoms with Gasteiger partial charge in [0, 0.05) is 19.0 Å². The van der Waals surface area contributed by atoms with E-state index < -0.39 is 0 Å². The quantitative estimate of drug-likeness (QED) is 0.896. The minimum Gasteiger partial charge on any atom is -0.330 e. The number of aryl methyl sites for hydroxylation is 2. The van der Waals surface area contributed by atoms with Gasteiger partial charge in [0.2, 0.25) is 0 Å². The van der Waals surface area contributed by atoms with Crippen LogP contribution < -0.4 is 5.32 Å². The Morgan fingerprint density at radius 3 is 2.89 bits per heavy atom. The van der Waals surface area contributed by atoms with Gasteiger partial charge >= 0.3 is 0 Å². The number of benzene rings is 1. The normalized spacial score (nSPS) is 23.9. The van der Waals surface area contributed by atoms with Gasteiger partial charge in [0.1, 0.15) is 5.82 Å². The third kappa shape index (κ3) is 1.88. The van der Waals surface area contributed by atoms with Crippen molar-refractivity contribution in [3.8, 4) is 0 Å². The van der Waals surface area contributed by atoms with Crippen LogP contribution in [0, 0.1) is 6.92 Å². The lowest BCUT2D eigenvalue weighted by atomic mass is 9.77. The van der Waals surface area contributed by atoms with Crippen LogP contribution in [0.4, 0.5) is 0 Å². The monoisotopic (exact) mass is 257 g/mol. The Morgan fingerprint density at radius 2 is 2.26 bits per heavy atom. The lowest BCUT2D eigenvalue weighted by Gasteiger charge is -2.36. The first-order valence-corrected chi connectivity index (χ1v) is 7.31. The predicted octanol–water partition coefficient (Wildman–Crippen LogP) is 2.91. The van der Waals surface area contributed by atoms with E-state index in [2.05, 4.69) is 49.0 Å². The molecule has 1 aromatic carbocycles. The fraction of sp³-hybridized carbons (Fsp3) is 0.562. The number of hydrogen-bond acceptors (Lipinski definition) is 2. The molecule has 0 radical (unpaired) electrons. The Morgan fingerprint density at radius 1 is 1.42 bits per heavy atom. The number of aromatic nitrogens is 2. The Hall–Kier alpha value is -1.35. The summed E-state index contributed by atoms with van der Waals surface area (Å²) in [6, 6.07) is 6.41. The van der Waals surface area contributed by atoms with Gasteiger partial charge < -0.3 is 9.88 Å². The summed E-state index contributed by atoms with van der Waals surface area (Å²) in [5.74, 6) is 1.26. The number of piperidine rings is 1. The van der Waals surface area contributed by atoms with E-state index in [4.69, 9.17) is 4.98 Å². The Balaban J connectivity index is 2.19. The van der Waals surface area contributed by atoms with Gasteiger partial charge in [-0.2, -0.15) is 0 Å².